The van der Waals surface area contributed by atoms with Crippen LogP contribution in [0.15, 0.2) is 47.4 Å². The molecule has 2 aromatic carbocycles. The third-order valence-electron chi connectivity index (χ3n) is 3.00. The maximum atomic E-state index is 12.4. The molecule has 1 amide bonds. The van der Waals surface area contributed by atoms with E-state index >= 15 is 0 Å². The van der Waals surface area contributed by atoms with Crippen molar-refractivity contribution >= 4 is 40.9 Å². The summed E-state index contributed by atoms with van der Waals surface area (Å²) in [6.07, 6.45) is 1.91. The summed E-state index contributed by atoms with van der Waals surface area (Å²) in [5, 5.41) is 3.05. The third-order valence-corrected chi connectivity index (χ3v) is 4.05. The van der Waals surface area contributed by atoms with Crippen LogP contribution in [0.5, 0.6) is 0 Å². The topological polar surface area (TPSA) is 55.4 Å². The van der Waals surface area contributed by atoms with E-state index in [9.17, 15) is 9.59 Å². The Morgan fingerprint density at radius 2 is 1.86 bits per heavy atom. The standard InChI is InChI=1S/C16H14ClNO3S/c1-21-16(20)11-5-3-4-6-14(11)18-15(19)12-9-10(22-2)7-8-13(12)17/h3-9H,1-2H3,(H,18,19). The van der Waals surface area contributed by atoms with Crippen LogP contribution in [0.3, 0.4) is 0 Å². The fourth-order valence-corrected chi connectivity index (χ4v) is 2.52. The first kappa shape index (κ1) is 16.4. The number of carbonyl (C=O) groups excluding carboxylic acids is 2. The first-order chi connectivity index (χ1) is 10.6. The molecule has 0 spiro atoms. The van der Waals surface area contributed by atoms with E-state index in [2.05, 4.69) is 5.32 Å². The number of benzene rings is 2. The van der Waals surface area contributed by atoms with Crippen LogP contribution in [-0.2, 0) is 4.74 Å². The molecule has 114 valence electrons. The lowest BCUT2D eigenvalue weighted by atomic mass is 10.1. The third kappa shape index (κ3) is 3.61. The van der Waals surface area contributed by atoms with Crippen LogP contribution in [0.4, 0.5) is 5.69 Å². The molecule has 0 aliphatic rings. The van der Waals surface area contributed by atoms with Crippen LogP contribution in [0.25, 0.3) is 0 Å². The first-order valence-electron chi connectivity index (χ1n) is 6.39. The number of hydrogen-bond acceptors (Lipinski definition) is 4. The SMILES string of the molecule is COC(=O)c1ccccc1NC(=O)c1cc(SC)ccc1Cl. The molecule has 0 bridgehead atoms. The number of hydrogen-bond donors (Lipinski definition) is 1. The minimum Gasteiger partial charge on any atom is -0.465 e. The van der Waals surface area contributed by atoms with Gasteiger partial charge in [-0.2, -0.15) is 0 Å². The summed E-state index contributed by atoms with van der Waals surface area (Å²) in [7, 11) is 1.29. The Balaban J connectivity index is 2.32. The van der Waals surface area contributed by atoms with Gasteiger partial charge in [-0.15, -0.1) is 11.8 Å². The summed E-state index contributed by atoms with van der Waals surface area (Å²) in [4.78, 5) is 25.1. The lowest BCUT2D eigenvalue weighted by Crippen LogP contribution is -2.15. The van der Waals surface area contributed by atoms with Gasteiger partial charge in [0, 0.05) is 4.90 Å². The zero-order chi connectivity index (χ0) is 16.1. The molecule has 2 rings (SSSR count). The molecular weight excluding hydrogens is 322 g/mol. The van der Waals surface area contributed by atoms with Gasteiger partial charge in [-0.05, 0) is 36.6 Å². The molecule has 4 nitrogen and oxygen atoms in total. The maximum Gasteiger partial charge on any atom is 0.339 e. The van der Waals surface area contributed by atoms with Gasteiger partial charge in [0.05, 0.1) is 28.9 Å². The molecule has 0 aliphatic heterocycles. The van der Waals surface area contributed by atoms with Gasteiger partial charge in [0.1, 0.15) is 0 Å². The molecule has 0 saturated heterocycles. The van der Waals surface area contributed by atoms with Crippen LogP contribution >= 0.6 is 23.4 Å². The Morgan fingerprint density at radius 3 is 2.55 bits per heavy atom. The molecule has 0 unspecified atom stereocenters. The molecule has 0 atom stereocenters. The minimum atomic E-state index is -0.514. The number of esters is 1. The smallest absolute Gasteiger partial charge is 0.339 e. The number of ether oxygens (including phenoxy) is 1. The van der Waals surface area contributed by atoms with Gasteiger partial charge in [-0.3, -0.25) is 4.79 Å². The van der Waals surface area contributed by atoms with Gasteiger partial charge in [0.2, 0.25) is 0 Å². The Hall–Kier alpha value is -1.98. The summed E-state index contributed by atoms with van der Waals surface area (Å²) in [5.74, 6) is -0.892. The van der Waals surface area contributed by atoms with E-state index in [0.29, 0.717) is 16.3 Å². The molecule has 0 radical (unpaired) electrons. The highest BCUT2D eigenvalue weighted by molar-refractivity contribution is 7.98. The number of amides is 1. The normalized spacial score (nSPS) is 10.1. The predicted octanol–water partition coefficient (Wildman–Crippen LogP) is 4.10. The Kier molecular flexibility index (Phi) is 5.46. The zero-order valence-electron chi connectivity index (χ0n) is 12.1. The van der Waals surface area contributed by atoms with E-state index in [0.717, 1.165) is 4.90 Å². The van der Waals surface area contributed by atoms with Crippen LogP contribution in [0.2, 0.25) is 5.02 Å². The van der Waals surface area contributed by atoms with Crippen molar-refractivity contribution in [3.63, 3.8) is 0 Å². The number of methoxy groups -OCH3 is 1. The van der Waals surface area contributed by atoms with Crippen molar-refractivity contribution in [3.05, 3.63) is 58.6 Å². The average Bonchev–Trinajstić information content (AvgIpc) is 2.55. The summed E-state index contributed by atoms with van der Waals surface area (Å²) in [6, 6.07) is 11.9. The monoisotopic (exact) mass is 335 g/mol. The largest absolute Gasteiger partial charge is 0.465 e. The number of para-hydroxylation sites is 1. The van der Waals surface area contributed by atoms with Gasteiger partial charge in [0.15, 0.2) is 0 Å². The minimum absolute atomic E-state index is 0.287. The first-order valence-corrected chi connectivity index (χ1v) is 7.99. The highest BCUT2D eigenvalue weighted by atomic mass is 35.5. The lowest BCUT2D eigenvalue weighted by Gasteiger charge is -2.11. The zero-order valence-corrected chi connectivity index (χ0v) is 13.6. The van der Waals surface area contributed by atoms with Gasteiger partial charge in [-0.1, -0.05) is 23.7 Å². The number of thioether (sulfide) groups is 1. The molecule has 0 heterocycles. The van der Waals surface area contributed by atoms with Crippen LogP contribution in [0, 0.1) is 0 Å². The van der Waals surface area contributed by atoms with Gasteiger partial charge in [-0.25, -0.2) is 4.79 Å². The van der Waals surface area contributed by atoms with Crippen molar-refractivity contribution in [2.45, 2.75) is 4.90 Å². The number of carbonyl (C=O) groups is 2. The summed E-state index contributed by atoms with van der Waals surface area (Å²) >= 11 is 7.60. The van der Waals surface area contributed by atoms with E-state index in [4.69, 9.17) is 16.3 Å². The molecule has 22 heavy (non-hydrogen) atoms. The molecular formula is C16H14ClNO3S. The van der Waals surface area contributed by atoms with Crippen molar-refractivity contribution in [1.29, 1.82) is 0 Å². The van der Waals surface area contributed by atoms with Crippen molar-refractivity contribution in [2.75, 3.05) is 18.7 Å². The quantitative estimate of drug-likeness (QED) is 0.675. The summed E-state index contributed by atoms with van der Waals surface area (Å²) < 4.78 is 4.70. The molecule has 1 N–H and O–H groups in total. The van der Waals surface area contributed by atoms with E-state index in [1.54, 1.807) is 36.4 Å². The second kappa shape index (κ2) is 7.33. The van der Waals surface area contributed by atoms with Crippen molar-refractivity contribution in [1.82, 2.24) is 0 Å². The van der Waals surface area contributed by atoms with Gasteiger partial charge >= 0.3 is 5.97 Å². The van der Waals surface area contributed by atoms with Crippen LogP contribution < -0.4 is 5.32 Å². The van der Waals surface area contributed by atoms with Crippen LogP contribution in [-0.4, -0.2) is 25.2 Å². The Bertz CT molecular complexity index is 718. The number of nitrogens with one attached hydrogen (secondary N) is 1. The number of anilines is 1. The van der Waals surface area contributed by atoms with Crippen molar-refractivity contribution < 1.29 is 14.3 Å². The fourth-order valence-electron chi connectivity index (χ4n) is 1.88. The molecule has 6 heteroatoms. The molecule has 0 fully saturated rings. The second-order valence-corrected chi connectivity index (χ2v) is 5.62. The predicted molar refractivity (Wildman–Crippen MR) is 89.0 cm³/mol. The lowest BCUT2D eigenvalue weighted by molar-refractivity contribution is 0.0602. The average molecular weight is 336 g/mol. The van der Waals surface area contributed by atoms with Gasteiger partial charge in [0.25, 0.3) is 5.91 Å². The molecule has 2 aromatic rings. The van der Waals surface area contributed by atoms with E-state index in [1.165, 1.54) is 18.9 Å². The molecule has 0 aromatic heterocycles. The van der Waals surface area contributed by atoms with E-state index < -0.39 is 5.97 Å². The van der Waals surface area contributed by atoms with E-state index in [-0.39, 0.29) is 11.5 Å². The van der Waals surface area contributed by atoms with Crippen LogP contribution in [0.1, 0.15) is 20.7 Å². The number of halogens is 1. The fraction of sp³-hybridized carbons (Fsp3) is 0.125. The highest BCUT2D eigenvalue weighted by Gasteiger charge is 2.16. The molecule has 0 aliphatic carbocycles. The highest BCUT2D eigenvalue weighted by Crippen LogP contribution is 2.25. The van der Waals surface area contributed by atoms with Crippen molar-refractivity contribution in [2.24, 2.45) is 0 Å². The molecule has 0 saturated carbocycles. The van der Waals surface area contributed by atoms with Gasteiger partial charge < -0.3 is 10.1 Å². The Morgan fingerprint density at radius 1 is 1.14 bits per heavy atom. The van der Waals surface area contributed by atoms with E-state index in [1.807, 2.05) is 12.3 Å². The summed E-state index contributed by atoms with van der Waals surface area (Å²) in [5.41, 5.74) is 1.02. The maximum absolute atomic E-state index is 12.4. The summed E-state index contributed by atoms with van der Waals surface area (Å²) in [6.45, 7) is 0. The second-order valence-electron chi connectivity index (χ2n) is 4.34. The van der Waals surface area contributed by atoms with Crippen molar-refractivity contribution in [3.8, 4) is 0 Å². The Labute approximate surface area is 137 Å². The number of rotatable bonds is 4.